The number of hydrogen-bond donors (Lipinski definition) is 1. The summed E-state index contributed by atoms with van der Waals surface area (Å²) in [7, 11) is 0. The highest BCUT2D eigenvalue weighted by atomic mass is 35.5. The first-order valence-corrected chi connectivity index (χ1v) is 6.37. The third-order valence-electron chi connectivity index (χ3n) is 2.62. The average molecular weight is 283 g/mol. The summed E-state index contributed by atoms with van der Waals surface area (Å²) in [4.78, 5) is 25.0. The van der Waals surface area contributed by atoms with E-state index in [1.807, 2.05) is 13.8 Å². The van der Waals surface area contributed by atoms with E-state index in [0.29, 0.717) is 16.5 Å². The lowest BCUT2D eigenvalue weighted by molar-refractivity contribution is -0.125. The van der Waals surface area contributed by atoms with Gasteiger partial charge in [0.05, 0.1) is 5.69 Å². The van der Waals surface area contributed by atoms with Gasteiger partial charge in [-0.2, -0.15) is 0 Å². The minimum atomic E-state index is -0.242. The quantitative estimate of drug-likeness (QED) is 0.916. The molecule has 1 aliphatic rings. The van der Waals surface area contributed by atoms with E-state index in [0.717, 1.165) is 0 Å². The summed E-state index contributed by atoms with van der Waals surface area (Å²) in [6.07, 6.45) is 0. The van der Waals surface area contributed by atoms with Gasteiger partial charge in [0, 0.05) is 17.1 Å². The van der Waals surface area contributed by atoms with Crippen LogP contribution >= 0.6 is 11.6 Å². The fourth-order valence-electron chi connectivity index (χ4n) is 1.86. The summed E-state index contributed by atoms with van der Waals surface area (Å²) in [6.45, 7) is 3.64. The van der Waals surface area contributed by atoms with Gasteiger partial charge in [0.2, 0.25) is 5.91 Å². The maximum absolute atomic E-state index is 11.9. The number of benzene rings is 1. The van der Waals surface area contributed by atoms with Crippen LogP contribution in [-0.4, -0.2) is 31.0 Å². The maximum atomic E-state index is 11.9. The topological polar surface area (TPSA) is 58.6 Å². The lowest BCUT2D eigenvalue weighted by atomic mass is 10.2. The summed E-state index contributed by atoms with van der Waals surface area (Å²) in [6, 6.07) is 5.01. The summed E-state index contributed by atoms with van der Waals surface area (Å²) < 4.78 is 5.30. The van der Waals surface area contributed by atoms with Crippen molar-refractivity contribution in [3.8, 4) is 5.75 Å². The molecular formula is C13H15ClN2O3. The number of carbonyl (C=O) groups is 2. The van der Waals surface area contributed by atoms with Gasteiger partial charge in [-0.1, -0.05) is 11.6 Å². The number of nitrogens with one attached hydrogen (secondary N) is 1. The monoisotopic (exact) mass is 282 g/mol. The van der Waals surface area contributed by atoms with Crippen LogP contribution in [0.3, 0.4) is 0 Å². The van der Waals surface area contributed by atoms with Crippen molar-refractivity contribution in [2.24, 2.45) is 0 Å². The summed E-state index contributed by atoms with van der Waals surface area (Å²) >= 11 is 5.87. The van der Waals surface area contributed by atoms with Crippen LogP contribution in [0.15, 0.2) is 18.2 Å². The zero-order valence-electron chi connectivity index (χ0n) is 10.8. The summed E-state index contributed by atoms with van der Waals surface area (Å²) in [5, 5.41) is 3.28. The molecule has 1 heterocycles. The molecule has 6 heteroatoms. The molecule has 0 saturated carbocycles. The first-order valence-electron chi connectivity index (χ1n) is 5.99. The van der Waals surface area contributed by atoms with Crippen molar-refractivity contribution in [3.63, 3.8) is 0 Å². The highest BCUT2D eigenvalue weighted by molar-refractivity contribution is 6.30. The molecule has 1 N–H and O–H groups in total. The molecule has 0 aromatic heterocycles. The van der Waals surface area contributed by atoms with E-state index in [2.05, 4.69) is 5.32 Å². The van der Waals surface area contributed by atoms with Crippen LogP contribution in [0, 0.1) is 0 Å². The van der Waals surface area contributed by atoms with Crippen LogP contribution in [-0.2, 0) is 9.59 Å². The summed E-state index contributed by atoms with van der Waals surface area (Å²) in [5.41, 5.74) is 0.569. The largest absolute Gasteiger partial charge is 0.482 e. The molecule has 0 spiro atoms. The lowest BCUT2D eigenvalue weighted by Gasteiger charge is -2.29. The van der Waals surface area contributed by atoms with E-state index < -0.39 is 0 Å². The van der Waals surface area contributed by atoms with Crippen molar-refractivity contribution >= 4 is 29.1 Å². The van der Waals surface area contributed by atoms with Crippen LogP contribution in [0.2, 0.25) is 5.02 Å². The minimum absolute atomic E-state index is 0.0188. The molecule has 0 radical (unpaired) electrons. The molecule has 0 saturated heterocycles. The third-order valence-corrected chi connectivity index (χ3v) is 2.85. The number of rotatable bonds is 3. The standard InChI is InChI=1S/C13H15ClN2O3/c1-8(2)15-12(17)6-16-10-4-3-9(14)5-11(10)19-7-13(16)18/h3-5,8H,6-7H2,1-2H3,(H,15,17). The molecule has 0 fully saturated rings. The molecule has 102 valence electrons. The molecule has 5 nitrogen and oxygen atoms in total. The van der Waals surface area contributed by atoms with Crippen LogP contribution in [0.5, 0.6) is 5.75 Å². The highest BCUT2D eigenvalue weighted by Gasteiger charge is 2.27. The second-order valence-corrected chi connectivity index (χ2v) is 5.04. The number of hydrogen-bond acceptors (Lipinski definition) is 3. The minimum Gasteiger partial charge on any atom is -0.482 e. The summed E-state index contributed by atoms with van der Waals surface area (Å²) in [5.74, 6) is 0.0734. The SMILES string of the molecule is CC(C)NC(=O)CN1C(=O)COc2cc(Cl)ccc21. The van der Waals surface area contributed by atoms with Gasteiger partial charge in [-0.15, -0.1) is 0 Å². The van der Waals surface area contributed by atoms with Crippen molar-refractivity contribution < 1.29 is 14.3 Å². The van der Waals surface area contributed by atoms with Crippen molar-refractivity contribution in [2.75, 3.05) is 18.1 Å². The molecule has 0 atom stereocenters. The first-order chi connectivity index (χ1) is 8.97. The molecular weight excluding hydrogens is 268 g/mol. The molecule has 2 rings (SSSR count). The molecule has 0 aliphatic carbocycles. The zero-order valence-corrected chi connectivity index (χ0v) is 11.5. The Labute approximate surface area is 116 Å². The number of anilines is 1. The van der Waals surface area contributed by atoms with E-state index in [9.17, 15) is 9.59 Å². The second kappa shape index (κ2) is 5.48. The fourth-order valence-corrected chi connectivity index (χ4v) is 2.02. The number of carbonyl (C=O) groups excluding carboxylic acids is 2. The Kier molecular flexibility index (Phi) is 3.95. The van der Waals surface area contributed by atoms with Gasteiger partial charge in [-0.05, 0) is 26.0 Å². The van der Waals surface area contributed by atoms with Crippen molar-refractivity contribution in [3.05, 3.63) is 23.2 Å². The predicted octanol–water partition coefficient (Wildman–Crippen LogP) is 1.59. The normalized spacial score (nSPS) is 14.1. The van der Waals surface area contributed by atoms with Crippen molar-refractivity contribution in [1.82, 2.24) is 5.32 Å². The van der Waals surface area contributed by atoms with E-state index in [1.54, 1.807) is 18.2 Å². The number of amides is 2. The smallest absolute Gasteiger partial charge is 0.265 e. The molecule has 1 aliphatic heterocycles. The Morgan fingerprint density at radius 2 is 2.26 bits per heavy atom. The molecule has 19 heavy (non-hydrogen) atoms. The van der Waals surface area contributed by atoms with Crippen LogP contribution < -0.4 is 15.0 Å². The van der Waals surface area contributed by atoms with Crippen molar-refractivity contribution in [1.29, 1.82) is 0 Å². The average Bonchev–Trinajstić information content (AvgIpc) is 2.32. The Morgan fingerprint density at radius 3 is 2.95 bits per heavy atom. The zero-order chi connectivity index (χ0) is 14.0. The van der Waals surface area contributed by atoms with Gasteiger partial charge in [-0.3, -0.25) is 14.5 Å². The third kappa shape index (κ3) is 3.17. The first kappa shape index (κ1) is 13.7. The van der Waals surface area contributed by atoms with Crippen molar-refractivity contribution in [2.45, 2.75) is 19.9 Å². The second-order valence-electron chi connectivity index (χ2n) is 4.60. The molecule has 1 aromatic rings. The van der Waals surface area contributed by atoms with Gasteiger partial charge in [0.25, 0.3) is 5.91 Å². The molecule has 1 aromatic carbocycles. The van der Waals surface area contributed by atoms with Crippen LogP contribution in [0.1, 0.15) is 13.8 Å². The molecule has 0 bridgehead atoms. The van der Waals surface area contributed by atoms with Gasteiger partial charge < -0.3 is 10.1 Å². The van der Waals surface area contributed by atoms with Gasteiger partial charge in [-0.25, -0.2) is 0 Å². The fraction of sp³-hybridized carbons (Fsp3) is 0.385. The van der Waals surface area contributed by atoms with E-state index in [-0.39, 0.29) is 31.0 Å². The van der Waals surface area contributed by atoms with E-state index >= 15 is 0 Å². The van der Waals surface area contributed by atoms with Crippen LogP contribution in [0.25, 0.3) is 0 Å². The number of nitrogens with zero attached hydrogens (tertiary/aromatic N) is 1. The van der Waals surface area contributed by atoms with E-state index in [1.165, 1.54) is 4.90 Å². The number of ether oxygens (including phenoxy) is 1. The highest BCUT2D eigenvalue weighted by Crippen LogP contribution is 2.34. The number of fused-ring (bicyclic) bond motifs is 1. The molecule has 2 amide bonds. The lowest BCUT2D eigenvalue weighted by Crippen LogP contribution is -2.46. The number of halogens is 1. The van der Waals surface area contributed by atoms with Gasteiger partial charge in [0.1, 0.15) is 12.3 Å². The Morgan fingerprint density at radius 1 is 1.53 bits per heavy atom. The Balaban J connectivity index is 2.21. The molecule has 0 unspecified atom stereocenters. The van der Waals surface area contributed by atoms with E-state index in [4.69, 9.17) is 16.3 Å². The Hall–Kier alpha value is -1.75. The predicted molar refractivity (Wildman–Crippen MR) is 72.6 cm³/mol. The van der Waals surface area contributed by atoms with Gasteiger partial charge >= 0.3 is 0 Å². The Bertz CT molecular complexity index is 517. The van der Waals surface area contributed by atoms with Gasteiger partial charge in [0.15, 0.2) is 6.61 Å². The maximum Gasteiger partial charge on any atom is 0.265 e. The van der Waals surface area contributed by atoms with Crippen LogP contribution in [0.4, 0.5) is 5.69 Å².